The minimum Gasteiger partial charge on any atom is -0.444 e. The number of nitrogens with zero attached hydrogens (tertiary/aromatic N) is 2. The Morgan fingerprint density at radius 1 is 1.33 bits per heavy atom. The van der Waals surface area contributed by atoms with Gasteiger partial charge in [0.15, 0.2) is 5.78 Å². The van der Waals surface area contributed by atoms with Crippen LogP contribution < -0.4 is 5.32 Å². The van der Waals surface area contributed by atoms with Crippen LogP contribution in [0.5, 0.6) is 0 Å². The van der Waals surface area contributed by atoms with Crippen molar-refractivity contribution in [3.05, 3.63) is 18.0 Å². The molecule has 0 fully saturated rings. The minimum atomic E-state index is -4.49. The molecule has 0 saturated heterocycles. The summed E-state index contributed by atoms with van der Waals surface area (Å²) in [6.45, 7) is 3.10. The molecule has 1 amide bonds. The lowest BCUT2D eigenvalue weighted by Gasteiger charge is -2.19. The highest BCUT2D eigenvalue weighted by Gasteiger charge is 2.30. The van der Waals surface area contributed by atoms with Crippen molar-refractivity contribution in [3.8, 4) is 0 Å². The van der Waals surface area contributed by atoms with Crippen LogP contribution in [0.25, 0.3) is 0 Å². The lowest BCUT2D eigenvalue weighted by atomic mass is 10.2. The quantitative estimate of drug-likeness (QED) is 0.865. The molecule has 1 rings (SSSR count). The molecule has 0 aliphatic carbocycles. The standard InChI is InChI=1S/C12H16F3N3O3/c1-11(2,3)21-10(20)16-6-9(19)8-4-5-17-18(8)7-12(13,14)15/h4-5H,6-7H2,1-3H3,(H,16,20). The van der Waals surface area contributed by atoms with Gasteiger partial charge in [-0.1, -0.05) is 0 Å². The molecule has 1 aromatic rings. The van der Waals surface area contributed by atoms with E-state index in [1.807, 2.05) is 0 Å². The Labute approximate surface area is 119 Å². The Kier molecular flexibility index (Phi) is 4.97. The van der Waals surface area contributed by atoms with E-state index in [4.69, 9.17) is 4.74 Å². The average Bonchev–Trinajstić information content (AvgIpc) is 2.69. The van der Waals surface area contributed by atoms with Crippen molar-refractivity contribution in [2.45, 2.75) is 39.1 Å². The third-order valence-electron chi connectivity index (χ3n) is 2.12. The van der Waals surface area contributed by atoms with Crippen molar-refractivity contribution < 1.29 is 27.5 Å². The zero-order valence-corrected chi connectivity index (χ0v) is 11.8. The first kappa shape index (κ1) is 17.0. The number of hydrogen-bond donors (Lipinski definition) is 1. The summed E-state index contributed by atoms with van der Waals surface area (Å²) in [5.41, 5.74) is -0.964. The monoisotopic (exact) mass is 307 g/mol. The number of aromatic nitrogens is 2. The molecule has 9 heteroatoms. The predicted molar refractivity (Wildman–Crippen MR) is 66.8 cm³/mol. The van der Waals surface area contributed by atoms with Crippen LogP contribution in [0.3, 0.4) is 0 Å². The summed E-state index contributed by atoms with van der Waals surface area (Å²) in [6, 6.07) is 1.16. The Balaban J connectivity index is 2.61. The van der Waals surface area contributed by atoms with Gasteiger partial charge in [-0.15, -0.1) is 0 Å². The lowest BCUT2D eigenvalue weighted by Crippen LogP contribution is -2.36. The molecule has 1 aromatic heterocycles. The zero-order chi connectivity index (χ0) is 16.3. The number of carbonyl (C=O) groups excluding carboxylic acids is 2. The van der Waals surface area contributed by atoms with Gasteiger partial charge in [0.25, 0.3) is 0 Å². The minimum absolute atomic E-state index is 0.233. The largest absolute Gasteiger partial charge is 0.444 e. The van der Waals surface area contributed by atoms with Crippen molar-refractivity contribution >= 4 is 11.9 Å². The molecule has 0 atom stereocenters. The highest BCUT2D eigenvalue weighted by molar-refractivity contribution is 5.97. The number of hydrogen-bond acceptors (Lipinski definition) is 4. The van der Waals surface area contributed by atoms with E-state index >= 15 is 0 Å². The SMILES string of the molecule is CC(C)(C)OC(=O)NCC(=O)c1ccnn1CC(F)(F)F. The van der Waals surface area contributed by atoms with Crippen molar-refractivity contribution in [1.29, 1.82) is 0 Å². The van der Waals surface area contributed by atoms with Crippen LogP contribution in [-0.2, 0) is 11.3 Å². The number of alkyl halides is 3. The van der Waals surface area contributed by atoms with Gasteiger partial charge >= 0.3 is 12.3 Å². The first-order valence-corrected chi connectivity index (χ1v) is 6.06. The maximum atomic E-state index is 12.3. The van der Waals surface area contributed by atoms with Crippen LogP contribution in [0.4, 0.5) is 18.0 Å². The van der Waals surface area contributed by atoms with Crippen molar-refractivity contribution in [1.82, 2.24) is 15.1 Å². The second-order valence-corrected chi connectivity index (χ2v) is 5.27. The molecule has 0 radical (unpaired) electrons. The number of ketones is 1. The molecular formula is C12H16F3N3O3. The molecule has 6 nitrogen and oxygen atoms in total. The molecule has 0 spiro atoms. The Bertz CT molecular complexity index is 518. The number of rotatable bonds is 4. The van der Waals surface area contributed by atoms with Crippen LogP contribution in [0.15, 0.2) is 12.3 Å². The second-order valence-electron chi connectivity index (χ2n) is 5.27. The molecule has 21 heavy (non-hydrogen) atoms. The van der Waals surface area contributed by atoms with Crippen LogP contribution >= 0.6 is 0 Å². The molecule has 0 aliphatic rings. The zero-order valence-electron chi connectivity index (χ0n) is 11.8. The second kappa shape index (κ2) is 6.15. The van der Waals surface area contributed by atoms with Crippen LogP contribution in [0, 0.1) is 0 Å². The summed E-state index contributed by atoms with van der Waals surface area (Å²) in [6.07, 6.45) is -4.22. The summed E-state index contributed by atoms with van der Waals surface area (Å²) in [5.74, 6) is -0.692. The van der Waals surface area contributed by atoms with E-state index in [-0.39, 0.29) is 5.69 Å². The number of carbonyl (C=O) groups is 2. The lowest BCUT2D eigenvalue weighted by molar-refractivity contribution is -0.142. The molecule has 0 aromatic carbocycles. The summed E-state index contributed by atoms with van der Waals surface area (Å²) in [5, 5.41) is 5.63. The highest BCUT2D eigenvalue weighted by atomic mass is 19.4. The molecule has 0 bridgehead atoms. The molecule has 118 valence electrons. The van der Waals surface area contributed by atoms with Crippen molar-refractivity contribution in [2.24, 2.45) is 0 Å². The molecule has 1 N–H and O–H groups in total. The van der Waals surface area contributed by atoms with E-state index < -0.39 is 36.7 Å². The van der Waals surface area contributed by atoms with E-state index in [0.29, 0.717) is 4.68 Å². The van der Waals surface area contributed by atoms with Gasteiger partial charge in [0.2, 0.25) is 0 Å². The molecular weight excluding hydrogens is 291 g/mol. The highest BCUT2D eigenvalue weighted by Crippen LogP contribution is 2.18. The third kappa shape index (κ3) is 6.28. The maximum absolute atomic E-state index is 12.3. The fourth-order valence-corrected chi connectivity index (χ4v) is 1.42. The Morgan fingerprint density at radius 2 is 1.95 bits per heavy atom. The normalized spacial score (nSPS) is 12.1. The summed E-state index contributed by atoms with van der Waals surface area (Å²) in [4.78, 5) is 23.1. The van der Waals surface area contributed by atoms with Gasteiger partial charge in [-0.25, -0.2) is 4.79 Å². The van der Waals surface area contributed by atoms with E-state index in [0.717, 1.165) is 12.3 Å². The molecule has 0 unspecified atom stereocenters. The Morgan fingerprint density at radius 3 is 2.48 bits per heavy atom. The topological polar surface area (TPSA) is 73.2 Å². The van der Waals surface area contributed by atoms with Gasteiger partial charge in [-0.2, -0.15) is 18.3 Å². The third-order valence-corrected chi connectivity index (χ3v) is 2.12. The van der Waals surface area contributed by atoms with E-state index in [2.05, 4.69) is 10.4 Å². The smallest absolute Gasteiger partial charge is 0.408 e. The Hall–Kier alpha value is -2.06. The van der Waals surface area contributed by atoms with Crippen LogP contribution in [0.2, 0.25) is 0 Å². The molecule has 0 saturated carbocycles. The van der Waals surface area contributed by atoms with Gasteiger partial charge < -0.3 is 10.1 Å². The first-order chi connectivity index (χ1) is 9.48. The number of halogens is 3. The summed E-state index contributed by atoms with van der Waals surface area (Å²) in [7, 11) is 0. The summed E-state index contributed by atoms with van der Waals surface area (Å²) >= 11 is 0. The number of Topliss-reactive ketones (excluding diaryl/α,β-unsaturated/α-hetero) is 1. The first-order valence-electron chi connectivity index (χ1n) is 6.06. The van der Waals surface area contributed by atoms with Crippen LogP contribution in [0.1, 0.15) is 31.3 Å². The van der Waals surface area contributed by atoms with E-state index in [1.54, 1.807) is 20.8 Å². The maximum Gasteiger partial charge on any atom is 0.408 e. The van der Waals surface area contributed by atoms with Crippen molar-refractivity contribution in [2.75, 3.05) is 6.54 Å². The van der Waals surface area contributed by atoms with Gasteiger partial charge in [-0.05, 0) is 26.8 Å². The summed E-state index contributed by atoms with van der Waals surface area (Å²) < 4.78 is 42.4. The van der Waals surface area contributed by atoms with Gasteiger partial charge in [-0.3, -0.25) is 9.48 Å². The molecule has 0 aliphatic heterocycles. The van der Waals surface area contributed by atoms with Gasteiger partial charge in [0.1, 0.15) is 17.8 Å². The number of nitrogens with one attached hydrogen (secondary N) is 1. The van der Waals surface area contributed by atoms with Crippen molar-refractivity contribution in [3.63, 3.8) is 0 Å². The van der Waals surface area contributed by atoms with Gasteiger partial charge in [0, 0.05) is 6.20 Å². The number of alkyl carbamates (subject to hydrolysis) is 1. The fourth-order valence-electron chi connectivity index (χ4n) is 1.42. The number of amides is 1. The predicted octanol–water partition coefficient (Wildman–Crippen LogP) is 2.15. The molecule has 1 heterocycles. The number of ether oxygens (including phenoxy) is 1. The van der Waals surface area contributed by atoms with Crippen LogP contribution in [-0.4, -0.2) is 40.0 Å². The average molecular weight is 307 g/mol. The van der Waals surface area contributed by atoms with Gasteiger partial charge in [0.05, 0.1) is 6.54 Å². The fraction of sp³-hybridized carbons (Fsp3) is 0.583. The van der Waals surface area contributed by atoms with E-state index in [9.17, 15) is 22.8 Å². The van der Waals surface area contributed by atoms with E-state index in [1.165, 1.54) is 0 Å².